The highest BCUT2D eigenvalue weighted by atomic mass is 35.5. The number of anilines is 1. The Morgan fingerprint density at radius 1 is 1.00 bits per heavy atom. The molecule has 0 saturated heterocycles. The van der Waals surface area contributed by atoms with Crippen LogP contribution in [0, 0.1) is 6.92 Å². The van der Waals surface area contributed by atoms with Crippen molar-refractivity contribution in [3.63, 3.8) is 0 Å². The molecule has 0 fully saturated rings. The number of hydrogen-bond donors (Lipinski definition) is 1. The van der Waals surface area contributed by atoms with E-state index >= 15 is 0 Å². The van der Waals surface area contributed by atoms with Crippen molar-refractivity contribution in [2.24, 2.45) is 5.10 Å². The van der Waals surface area contributed by atoms with E-state index in [0.29, 0.717) is 39.0 Å². The third-order valence-corrected chi connectivity index (χ3v) is 7.46. The molecule has 1 amide bonds. The van der Waals surface area contributed by atoms with E-state index in [0.717, 1.165) is 4.31 Å². The van der Waals surface area contributed by atoms with Gasteiger partial charge in [0, 0.05) is 10.6 Å². The molecule has 0 atom stereocenters. The second-order valence-electron chi connectivity index (χ2n) is 7.51. The zero-order valence-corrected chi connectivity index (χ0v) is 21.4. The van der Waals surface area contributed by atoms with Crippen LogP contribution in [-0.4, -0.2) is 40.8 Å². The smallest absolute Gasteiger partial charge is 0.264 e. The van der Waals surface area contributed by atoms with Crippen molar-refractivity contribution in [3.05, 3.63) is 82.9 Å². The van der Waals surface area contributed by atoms with E-state index in [9.17, 15) is 13.2 Å². The minimum Gasteiger partial charge on any atom is -0.493 e. The fourth-order valence-electron chi connectivity index (χ4n) is 3.32. The lowest BCUT2D eigenvalue weighted by molar-refractivity contribution is -0.119. The van der Waals surface area contributed by atoms with Gasteiger partial charge in [-0.15, -0.1) is 0 Å². The number of methoxy groups -OCH3 is 2. The molecule has 0 bridgehead atoms. The summed E-state index contributed by atoms with van der Waals surface area (Å²) < 4.78 is 38.5. The number of benzene rings is 3. The van der Waals surface area contributed by atoms with Crippen LogP contribution in [0.25, 0.3) is 0 Å². The number of carbonyl (C=O) groups excluding carboxylic acids is 1. The van der Waals surface area contributed by atoms with Gasteiger partial charge in [-0.1, -0.05) is 35.9 Å². The summed E-state index contributed by atoms with van der Waals surface area (Å²) in [6.07, 6.45) is 0. The first kappa shape index (κ1) is 26.1. The molecule has 3 rings (SSSR count). The summed E-state index contributed by atoms with van der Waals surface area (Å²) in [6.45, 7) is 2.91. The first-order valence-electron chi connectivity index (χ1n) is 10.6. The topological polar surface area (TPSA) is 97.3 Å². The molecule has 3 aromatic carbocycles. The molecule has 0 spiro atoms. The molecule has 184 valence electrons. The van der Waals surface area contributed by atoms with Gasteiger partial charge >= 0.3 is 0 Å². The lowest BCUT2D eigenvalue weighted by Gasteiger charge is -2.25. The number of nitrogens with zero attached hydrogens (tertiary/aromatic N) is 2. The van der Waals surface area contributed by atoms with Crippen LogP contribution in [0.1, 0.15) is 18.1 Å². The van der Waals surface area contributed by atoms with Gasteiger partial charge in [0.05, 0.1) is 30.5 Å². The van der Waals surface area contributed by atoms with Crippen LogP contribution in [0.15, 0.2) is 76.7 Å². The highest BCUT2D eigenvalue weighted by Crippen LogP contribution is 2.31. The van der Waals surface area contributed by atoms with Crippen LogP contribution in [-0.2, 0) is 14.8 Å². The van der Waals surface area contributed by atoms with Crippen molar-refractivity contribution in [2.75, 3.05) is 25.1 Å². The summed E-state index contributed by atoms with van der Waals surface area (Å²) in [7, 11) is -1.00. The first-order chi connectivity index (χ1) is 16.7. The predicted octanol–water partition coefficient (Wildman–Crippen LogP) is 4.40. The largest absolute Gasteiger partial charge is 0.493 e. The van der Waals surface area contributed by atoms with Crippen molar-refractivity contribution in [2.45, 2.75) is 18.7 Å². The van der Waals surface area contributed by atoms with E-state index < -0.39 is 22.5 Å². The Balaban J connectivity index is 1.89. The number of carbonyl (C=O) groups is 1. The molecule has 10 heteroatoms. The molecule has 0 heterocycles. The van der Waals surface area contributed by atoms with Crippen LogP contribution in [0.2, 0.25) is 5.02 Å². The zero-order valence-electron chi connectivity index (χ0n) is 19.8. The minimum atomic E-state index is -4.06. The standard InChI is InChI=1S/C25H26ClN3O5S/c1-17-21(26)11-8-12-22(17)29(35(31,32)20-9-6-5-7-10-20)16-25(30)28-27-18(2)19-13-14-23(33-3)24(15-19)34-4/h5-15H,16H2,1-4H3,(H,28,30)/b27-18-. The summed E-state index contributed by atoms with van der Waals surface area (Å²) in [5.74, 6) is 0.456. The molecule has 0 unspecified atom stereocenters. The number of halogens is 1. The Labute approximate surface area is 210 Å². The van der Waals surface area contributed by atoms with Gasteiger partial charge in [-0.2, -0.15) is 5.10 Å². The maximum Gasteiger partial charge on any atom is 0.264 e. The molecule has 3 aromatic rings. The molecule has 8 nitrogen and oxygen atoms in total. The van der Waals surface area contributed by atoms with E-state index in [-0.39, 0.29) is 4.90 Å². The van der Waals surface area contributed by atoms with Crippen LogP contribution in [0.4, 0.5) is 5.69 Å². The Morgan fingerprint density at radius 2 is 1.69 bits per heavy atom. The summed E-state index contributed by atoms with van der Waals surface area (Å²) in [6, 6.07) is 18.0. The van der Waals surface area contributed by atoms with Gasteiger partial charge in [0.1, 0.15) is 6.54 Å². The lowest BCUT2D eigenvalue weighted by atomic mass is 10.1. The van der Waals surface area contributed by atoms with E-state index in [2.05, 4.69) is 10.5 Å². The fourth-order valence-corrected chi connectivity index (χ4v) is 4.99. The van der Waals surface area contributed by atoms with E-state index in [1.807, 2.05) is 0 Å². The third kappa shape index (κ3) is 5.93. The molecule has 0 aliphatic carbocycles. The Kier molecular flexibility index (Phi) is 8.37. The number of nitrogens with one attached hydrogen (secondary N) is 1. The Bertz CT molecular complexity index is 1340. The van der Waals surface area contributed by atoms with Crippen LogP contribution in [0.5, 0.6) is 11.5 Å². The van der Waals surface area contributed by atoms with Crippen LogP contribution in [0.3, 0.4) is 0 Å². The van der Waals surface area contributed by atoms with Gasteiger partial charge in [0.2, 0.25) is 0 Å². The number of rotatable bonds is 9. The lowest BCUT2D eigenvalue weighted by Crippen LogP contribution is -2.40. The van der Waals surface area contributed by atoms with E-state index in [4.69, 9.17) is 21.1 Å². The van der Waals surface area contributed by atoms with Gasteiger partial charge in [-0.05, 0) is 61.9 Å². The average Bonchev–Trinajstić information content (AvgIpc) is 2.87. The van der Waals surface area contributed by atoms with Crippen LogP contribution >= 0.6 is 11.6 Å². The third-order valence-electron chi connectivity index (χ3n) is 5.28. The second-order valence-corrected chi connectivity index (χ2v) is 9.78. The average molecular weight is 516 g/mol. The molecule has 35 heavy (non-hydrogen) atoms. The van der Waals surface area contributed by atoms with E-state index in [1.54, 1.807) is 68.4 Å². The molecule has 0 saturated carbocycles. The highest BCUT2D eigenvalue weighted by molar-refractivity contribution is 7.92. The molecule has 1 N–H and O–H groups in total. The summed E-state index contributed by atoms with van der Waals surface area (Å²) in [5.41, 5.74) is 4.47. The quantitative estimate of drug-likeness (QED) is 0.336. The number of hydrogen-bond acceptors (Lipinski definition) is 6. The predicted molar refractivity (Wildman–Crippen MR) is 137 cm³/mol. The SMILES string of the molecule is COc1ccc(/C(C)=N\NC(=O)CN(c2cccc(Cl)c2C)S(=O)(=O)c2ccccc2)cc1OC. The Hall–Kier alpha value is -3.56. The van der Waals surface area contributed by atoms with E-state index in [1.165, 1.54) is 26.4 Å². The number of sulfonamides is 1. The monoisotopic (exact) mass is 515 g/mol. The molecule has 0 aliphatic heterocycles. The molecular weight excluding hydrogens is 490 g/mol. The number of hydrazone groups is 1. The van der Waals surface area contributed by atoms with Crippen molar-refractivity contribution < 1.29 is 22.7 Å². The Morgan fingerprint density at radius 3 is 2.34 bits per heavy atom. The zero-order chi connectivity index (χ0) is 25.6. The van der Waals surface area contributed by atoms with Gasteiger partial charge in [-0.25, -0.2) is 13.8 Å². The molecular formula is C25H26ClN3O5S. The fraction of sp³-hybridized carbons (Fsp3) is 0.200. The maximum absolute atomic E-state index is 13.5. The van der Waals surface area contributed by atoms with Crippen molar-refractivity contribution >= 4 is 38.9 Å². The molecule has 0 aliphatic rings. The molecule has 0 radical (unpaired) electrons. The first-order valence-corrected chi connectivity index (χ1v) is 12.4. The normalized spacial score (nSPS) is 11.6. The van der Waals surface area contributed by atoms with Gasteiger partial charge < -0.3 is 9.47 Å². The van der Waals surface area contributed by atoms with Gasteiger partial charge in [-0.3, -0.25) is 9.10 Å². The summed E-state index contributed by atoms with van der Waals surface area (Å²) >= 11 is 6.24. The highest BCUT2D eigenvalue weighted by Gasteiger charge is 2.28. The minimum absolute atomic E-state index is 0.0529. The van der Waals surface area contributed by atoms with Gasteiger partial charge in [0.25, 0.3) is 15.9 Å². The maximum atomic E-state index is 13.5. The van der Waals surface area contributed by atoms with Crippen molar-refractivity contribution in [1.29, 1.82) is 0 Å². The summed E-state index contributed by atoms with van der Waals surface area (Å²) in [4.78, 5) is 12.9. The van der Waals surface area contributed by atoms with Crippen molar-refractivity contribution in [3.8, 4) is 11.5 Å². The van der Waals surface area contributed by atoms with Crippen molar-refractivity contribution in [1.82, 2.24) is 5.43 Å². The van der Waals surface area contributed by atoms with Gasteiger partial charge in [0.15, 0.2) is 11.5 Å². The van der Waals surface area contributed by atoms with Crippen LogP contribution < -0.4 is 19.2 Å². The number of ether oxygens (including phenoxy) is 2. The summed E-state index contributed by atoms with van der Waals surface area (Å²) in [5, 5.41) is 4.53. The molecule has 0 aromatic heterocycles. The second kappa shape index (κ2) is 11.2. The number of amides is 1.